The van der Waals surface area contributed by atoms with E-state index >= 15 is 0 Å². The van der Waals surface area contributed by atoms with Crippen molar-refractivity contribution < 1.29 is 8.42 Å². The van der Waals surface area contributed by atoms with E-state index in [0.717, 1.165) is 19.0 Å². The summed E-state index contributed by atoms with van der Waals surface area (Å²) in [5.74, 6) is 1.08. The minimum absolute atomic E-state index is 0. The average Bonchev–Trinajstić information content (AvgIpc) is 3.06. The fraction of sp³-hybridized carbons (Fsp3) is 0.650. The number of nitrogens with one attached hydrogen (secondary N) is 1. The highest BCUT2D eigenvalue weighted by atomic mass is 127. The standard InChI is InChI=1S/C20H31N3O2S.HI/c1-21-19(23-15-13-20(17-23)11-6-3-7-12-20)22-14-8-16-26(24,25)18-9-4-2-5-10-18;/h2,4-5,9-10H,3,6-8,11-17H2,1H3,(H,21,22);1H. The third kappa shape index (κ3) is 5.82. The number of guanidine groups is 1. The number of likely N-dealkylation sites (tertiary alicyclic amines) is 1. The first kappa shape index (κ1) is 22.5. The molecule has 0 bridgehead atoms. The Kier molecular flexibility index (Phi) is 8.39. The lowest BCUT2D eigenvalue weighted by Gasteiger charge is -2.33. The van der Waals surface area contributed by atoms with E-state index in [1.807, 2.05) is 13.1 Å². The molecule has 1 N–H and O–H groups in total. The molecule has 1 saturated heterocycles. The summed E-state index contributed by atoms with van der Waals surface area (Å²) < 4.78 is 24.7. The number of rotatable bonds is 5. The first-order valence-electron chi connectivity index (χ1n) is 9.78. The average molecular weight is 505 g/mol. The van der Waals surface area contributed by atoms with E-state index in [4.69, 9.17) is 0 Å². The molecule has 5 nitrogen and oxygen atoms in total. The van der Waals surface area contributed by atoms with E-state index in [1.54, 1.807) is 24.3 Å². The Morgan fingerprint density at radius 2 is 1.85 bits per heavy atom. The number of benzene rings is 1. The Morgan fingerprint density at radius 1 is 1.15 bits per heavy atom. The highest BCUT2D eigenvalue weighted by Gasteiger charge is 2.39. The topological polar surface area (TPSA) is 61.8 Å². The highest BCUT2D eigenvalue weighted by Crippen LogP contribution is 2.43. The molecule has 0 aromatic heterocycles. The molecule has 7 heteroatoms. The summed E-state index contributed by atoms with van der Waals surface area (Å²) >= 11 is 0. The van der Waals surface area contributed by atoms with Gasteiger partial charge in [-0.05, 0) is 43.2 Å². The van der Waals surface area contributed by atoms with Crippen LogP contribution in [-0.4, -0.2) is 51.7 Å². The van der Waals surface area contributed by atoms with Crippen LogP contribution in [0.3, 0.4) is 0 Å². The van der Waals surface area contributed by atoms with Crippen molar-refractivity contribution in [1.29, 1.82) is 0 Å². The van der Waals surface area contributed by atoms with Crippen molar-refractivity contribution in [2.75, 3.05) is 32.4 Å². The van der Waals surface area contributed by atoms with Crippen LogP contribution in [0.5, 0.6) is 0 Å². The number of nitrogens with zero attached hydrogens (tertiary/aromatic N) is 2. The van der Waals surface area contributed by atoms with Gasteiger partial charge in [0.1, 0.15) is 0 Å². The summed E-state index contributed by atoms with van der Waals surface area (Å²) in [5, 5.41) is 3.37. The minimum Gasteiger partial charge on any atom is -0.356 e. The van der Waals surface area contributed by atoms with Gasteiger partial charge in [0.15, 0.2) is 15.8 Å². The maximum Gasteiger partial charge on any atom is 0.193 e. The Morgan fingerprint density at radius 3 is 2.52 bits per heavy atom. The molecule has 1 spiro atoms. The SMILES string of the molecule is CN=C(NCCCS(=O)(=O)c1ccccc1)N1CCC2(CCCCC2)C1.I. The first-order valence-corrected chi connectivity index (χ1v) is 11.4. The van der Waals surface area contributed by atoms with Gasteiger partial charge in [-0.1, -0.05) is 37.5 Å². The molecular weight excluding hydrogens is 473 g/mol. The first-order chi connectivity index (χ1) is 12.5. The molecule has 0 radical (unpaired) electrons. The van der Waals surface area contributed by atoms with Crippen LogP contribution in [0.25, 0.3) is 0 Å². The summed E-state index contributed by atoms with van der Waals surface area (Å²) in [6, 6.07) is 8.69. The molecule has 3 rings (SSSR count). The maximum atomic E-state index is 12.3. The van der Waals surface area contributed by atoms with E-state index in [1.165, 1.54) is 38.5 Å². The van der Waals surface area contributed by atoms with Crippen molar-refractivity contribution in [3.8, 4) is 0 Å². The second-order valence-electron chi connectivity index (χ2n) is 7.69. The normalized spacial score (nSPS) is 19.7. The Labute approximate surface area is 181 Å². The van der Waals surface area contributed by atoms with Gasteiger partial charge < -0.3 is 10.2 Å². The smallest absolute Gasteiger partial charge is 0.193 e. The van der Waals surface area contributed by atoms with Gasteiger partial charge in [0, 0.05) is 26.7 Å². The lowest BCUT2D eigenvalue weighted by Crippen LogP contribution is -2.42. The van der Waals surface area contributed by atoms with E-state index in [9.17, 15) is 8.42 Å². The van der Waals surface area contributed by atoms with E-state index in [-0.39, 0.29) is 29.7 Å². The van der Waals surface area contributed by atoms with Crippen molar-refractivity contribution in [1.82, 2.24) is 10.2 Å². The lowest BCUT2D eigenvalue weighted by atomic mass is 9.73. The fourth-order valence-corrected chi connectivity index (χ4v) is 5.70. The number of hydrogen-bond acceptors (Lipinski definition) is 3. The van der Waals surface area contributed by atoms with E-state index in [0.29, 0.717) is 23.3 Å². The van der Waals surface area contributed by atoms with Gasteiger partial charge in [0.05, 0.1) is 10.6 Å². The summed E-state index contributed by atoms with van der Waals surface area (Å²) in [6.45, 7) is 2.78. The molecule has 0 unspecified atom stereocenters. The quantitative estimate of drug-likeness (QED) is 0.287. The van der Waals surface area contributed by atoms with Gasteiger partial charge in [0.2, 0.25) is 0 Å². The van der Waals surface area contributed by atoms with Crippen LogP contribution >= 0.6 is 24.0 Å². The Balaban J connectivity index is 0.00000261. The predicted molar refractivity (Wildman–Crippen MR) is 122 cm³/mol. The van der Waals surface area contributed by atoms with Crippen LogP contribution in [-0.2, 0) is 9.84 Å². The molecule has 1 aromatic rings. The van der Waals surface area contributed by atoms with Gasteiger partial charge >= 0.3 is 0 Å². The third-order valence-corrected chi connectivity index (χ3v) is 7.66. The van der Waals surface area contributed by atoms with Crippen molar-refractivity contribution in [3.63, 3.8) is 0 Å². The molecule has 1 saturated carbocycles. The van der Waals surface area contributed by atoms with Crippen LogP contribution in [0, 0.1) is 5.41 Å². The van der Waals surface area contributed by atoms with E-state index < -0.39 is 9.84 Å². The number of hydrogen-bond donors (Lipinski definition) is 1. The third-order valence-electron chi connectivity index (χ3n) is 5.84. The van der Waals surface area contributed by atoms with Crippen molar-refractivity contribution in [2.24, 2.45) is 10.4 Å². The van der Waals surface area contributed by atoms with Crippen molar-refractivity contribution >= 4 is 39.8 Å². The summed E-state index contributed by atoms with van der Waals surface area (Å²) in [5.41, 5.74) is 0.493. The van der Waals surface area contributed by atoms with Crippen LogP contribution in [0.2, 0.25) is 0 Å². The lowest BCUT2D eigenvalue weighted by molar-refractivity contribution is 0.203. The number of sulfone groups is 1. The molecule has 1 aliphatic carbocycles. The van der Waals surface area contributed by atoms with E-state index in [2.05, 4.69) is 15.2 Å². The van der Waals surface area contributed by atoms with Gasteiger partial charge in [0.25, 0.3) is 0 Å². The second kappa shape index (κ2) is 10.1. The molecule has 1 heterocycles. The second-order valence-corrected chi connectivity index (χ2v) is 9.80. The predicted octanol–water partition coefficient (Wildman–Crippen LogP) is 3.70. The minimum atomic E-state index is -3.20. The van der Waals surface area contributed by atoms with Crippen LogP contribution in [0.15, 0.2) is 40.2 Å². The van der Waals surface area contributed by atoms with Crippen molar-refractivity contribution in [3.05, 3.63) is 30.3 Å². The molecule has 152 valence electrons. The molecule has 2 aliphatic rings. The molecular formula is C20H32IN3O2S. The highest BCUT2D eigenvalue weighted by molar-refractivity contribution is 14.0. The van der Waals surface area contributed by atoms with Gasteiger partial charge in [-0.2, -0.15) is 0 Å². The Hall–Kier alpha value is -0.830. The van der Waals surface area contributed by atoms with Crippen LogP contribution < -0.4 is 5.32 Å². The van der Waals surface area contributed by atoms with Crippen LogP contribution in [0.1, 0.15) is 44.9 Å². The maximum absolute atomic E-state index is 12.3. The summed E-state index contributed by atoms with van der Waals surface area (Å²) in [6.07, 6.45) is 8.62. The number of halogens is 1. The fourth-order valence-electron chi connectivity index (χ4n) is 4.37. The van der Waals surface area contributed by atoms with Gasteiger partial charge in [-0.15, -0.1) is 24.0 Å². The molecule has 0 atom stereocenters. The monoisotopic (exact) mass is 505 g/mol. The zero-order valence-electron chi connectivity index (χ0n) is 16.2. The molecule has 2 fully saturated rings. The Bertz CT molecular complexity index is 716. The zero-order chi connectivity index (χ0) is 18.5. The molecule has 27 heavy (non-hydrogen) atoms. The summed E-state index contributed by atoms with van der Waals surface area (Å²) in [4.78, 5) is 7.19. The van der Waals surface area contributed by atoms with Crippen molar-refractivity contribution in [2.45, 2.75) is 49.8 Å². The molecule has 1 aromatic carbocycles. The zero-order valence-corrected chi connectivity index (χ0v) is 19.3. The van der Waals surface area contributed by atoms with Crippen LogP contribution in [0.4, 0.5) is 0 Å². The molecule has 1 aliphatic heterocycles. The van der Waals surface area contributed by atoms with Gasteiger partial charge in [-0.3, -0.25) is 4.99 Å². The molecule has 0 amide bonds. The summed E-state index contributed by atoms with van der Waals surface area (Å²) in [7, 11) is -1.39. The largest absolute Gasteiger partial charge is 0.356 e. The number of aliphatic imine (C=N–C) groups is 1. The van der Waals surface area contributed by atoms with Gasteiger partial charge in [-0.25, -0.2) is 8.42 Å².